The Morgan fingerprint density at radius 3 is 2.48 bits per heavy atom. The number of nitrogens with zero attached hydrogens (tertiary/aromatic N) is 2. The van der Waals surface area contributed by atoms with E-state index < -0.39 is 4.92 Å². The lowest BCUT2D eigenvalue weighted by atomic mass is 10.0. The summed E-state index contributed by atoms with van der Waals surface area (Å²) >= 11 is 15.7. The third kappa shape index (κ3) is 6.26. The van der Waals surface area contributed by atoms with Crippen LogP contribution in [0.3, 0.4) is 0 Å². The Bertz CT molecular complexity index is 1250. The number of hydrogen-bond donors (Lipinski definition) is 0. The molecule has 9 heteroatoms. The third-order valence-electron chi connectivity index (χ3n) is 4.54. The van der Waals surface area contributed by atoms with Crippen LogP contribution in [0.5, 0.6) is 11.5 Å². The van der Waals surface area contributed by atoms with Crippen LogP contribution < -0.4 is 9.47 Å². The molecule has 0 aliphatic carbocycles. The van der Waals surface area contributed by atoms with Gasteiger partial charge in [0.05, 0.1) is 27.6 Å². The highest BCUT2D eigenvalue weighted by atomic mass is 79.9. The maximum Gasteiger partial charge on any atom is 0.269 e. The molecule has 0 heterocycles. The number of hydrogen-bond acceptors (Lipinski definition) is 5. The van der Waals surface area contributed by atoms with E-state index in [1.165, 1.54) is 12.1 Å². The van der Waals surface area contributed by atoms with Crippen molar-refractivity contribution in [2.75, 3.05) is 6.61 Å². The van der Waals surface area contributed by atoms with Crippen LogP contribution in [0.15, 0.2) is 59.1 Å². The molecule has 0 radical (unpaired) electrons. The van der Waals surface area contributed by atoms with Crippen LogP contribution in [0.25, 0.3) is 11.6 Å². The Balaban J connectivity index is 1.91. The van der Waals surface area contributed by atoms with Crippen molar-refractivity contribution in [3.63, 3.8) is 0 Å². The minimum atomic E-state index is -0.485. The van der Waals surface area contributed by atoms with Crippen molar-refractivity contribution in [1.82, 2.24) is 0 Å². The largest absolute Gasteiger partial charge is 0.490 e. The zero-order valence-electron chi connectivity index (χ0n) is 17.3. The van der Waals surface area contributed by atoms with Crippen molar-refractivity contribution >= 4 is 56.5 Å². The summed E-state index contributed by atoms with van der Waals surface area (Å²) in [5.74, 6) is 0.984. The molecule has 0 unspecified atom stereocenters. The lowest BCUT2D eigenvalue weighted by molar-refractivity contribution is -0.384. The molecule has 168 valence electrons. The average Bonchev–Trinajstić information content (AvgIpc) is 2.78. The highest BCUT2D eigenvalue weighted by Crippen LogP contribution is 2.39. The van der Waals surface area contributed by atoms with Gasteiger partial charge in [-0.15, -0.1) is 0 Å². The number of rotatable bonds is 8. The van der Waals surface area contributed by atoms with Crippen molar-refractivity contribution < 1.29 is 14.4 Å². The maximum absolute atomic E-state index is 10.9. The van der Waals surface area contributed by atoms with Crippen LogP contribution in [-0.4, -0.2) is 11.5 Å². The molecule has 0 amide bonds. The van der Waals surface area contributed by atoms with Gasteiger partial charge in [-0.1, -0.05) is 29.3 Å². The number of allylic oxidation sites excluding steroid dienone is 1. The topological polar surface area (TPSA) is 85.4 Å². The molecular weight excluding hydrogens is 531 g/mol. The predicted molar refractivity (Wildman–Crippen MR) is 133 cm³/mol. The Hall–Kier alpha value is -3.05. The van der Waals surface area contributed by atoms with Gasteiger partial charge in [-0.3, -0.25) is 10.1 Å². The summed E-state index contributed by atoms with van der Waals surface area (Å²) in [5.41, 5.74) is 2.33. The Morgan fingerprint density at radius 2 is 1.88 bits per heavy atom. The quantitative estimate of drug-likeness (QED) is 0.125. The summed E-state index contributed by atoms with van der Waals surface area (Å²) in [6.07, 6.45) is 1.67. The van der Waals surface area contributed by atoms with Crippen LogP contribution >= 0.6 is 39.1 Å². The Labute approximate surface area is 209 Å². The van der Waals surface area contributed by atoms with Gasteiger partial charge in [0.15, 0.2) is 11.5 Å². The number of halogens is 3. The molecule has 0 spiro atoms. The van der Waals surface area contributed by atoms with E-state index in [1.807, 2.05) is 6.92 Å². The minimum absolute atomic E-state index is 0.0419. The van der Waals surface area contributed by atoms with Crippen molar-refractivity contribution in [2.45, 2.75) is 13.5 Å². The van der Waals surface area contributed by atoms with E-state index >= 15 is 0 Å². The maximum atomic E-state index is 10.9. The first-order valence-electron chi connectivity index (χ1n) is 9.72. The van der Waals surface area contributed by atoms with Crippen molar-refractivity contribution in [3.05, 3.63) is 95.9 Å². The van der Waals surface area contributed by atoms with Crippen LogP contribution in [0.2, 0.25) is 10.0 Å². The second-order valence-electron chi connectivity index (χ2n) is 6.76. The number of ether oxygens (including phenoxy) is 2. The predicted octanol–water partition coefficient (Wildman–Crippen LogP) is 7.71. The highest BCUT2D eigenvalue weighted by molar-refractivity contribution is 9.10. The molecule has 0 saturated carbocycles. The summed E-state index contributed by atoms with van der Waals surface area (Å²) in [4.78, 5) is 10.4. The molecule has 0 aliphatic heterocycles. The van der Waals surface area contributed by atoms with Gasteiger partial charge in [-0.25, -0.2) is 0 Å². The van der Waals surface area contributed by atoms with Crippen LogP contribution in [0, 0.1) is 21.4 Å². The molecule has 3 rings (SSSR count). The summed E-state index contributed by atoms with van der Waals surface area (Å²) in [6.45, 7) is 2.47. The smallest absolute Gasteiger partial charge is 0.269 e. The summed E-state index contributed by atoms with van der Waals surface area (Å²) in [6, 6.07) is 16.7. The van der Waals surface area contributed by atoms with Gasteiger partial charge in [0.2, 0.25) is 0 Å². The van der Waals surface area contributed by atoms with Crippen molar-refractivity contribution in [1.29, 1.82) is 5.26 Å². The van der Waals surface area contributed by atoms with Crippen molar-refractivity contribution in [2.24, 2.45) is 0 Å². The molecule has 3 aromatic rings. The van der Waals surface area contributed by atoms with Gasteiger partial charge in [0.25, 0.3) is 5.69 Å². The average molecular weight is 548 g/mol. The first-order chi connectivity index (χ1) is 15.8. The van der Waals surface area contributed by atoms with E-state index in [9.17, 15) is 15.4 Å². The fraction of sp³-hybridized carbons (Fsp3) is 0.125. The zero-order chi connectivity index (χ0) is 24.0. The summed E-state index contributed by atoms with van der Waals surface area (Å²) < 4.78 is 12.4. The van der Waals surface area contributed by atoms with Crippen LogP contribution in [-0.2, 0) is 6.61 Å². The standard InChI is InChI=1S/C24H17BrCl2N2O4/c1-2-32-23-11-15(9-18(13-28)16-4-7-20(8-5-16)29(30)31)10-21(25)24(23)33-14-17-3-6-19(26)12-22(17)27/h3-12H,2,14H2,1H3. The van der Waals surface area contributed by atoms with Crippen molar-refractivity contribution in [3.8, 4) is 17.6 Å². The van der Waals surface area contributed by atoms with Crippen LogP contribution in [0.4, 0.5) is 5.69 Å². The second-order valence-corrected chi connectivity index (χ2v) is 8.46. The fourth-order valence-electron chi connectivity index (χ4n) is 2.97. The summed E-state index contributed by atoms with van der Waals surface area (Å²) in [7, 11) is 0. The summed E-state index contributed by atoms with van der Waals surface area (Å²) in [5, 5.41) is 21.5. The number of nitriles is 1. The van der Waals surface area contributed by atoms with Gasteiger partial charge in [0.1, 0.15) is 6.61 Å². The Kier molecular flexibility index (Phi) is 8.34. The van der Waals surface area contributed by atoms with Gasteiger partial charge < -0.3 is 9.47 Å². The monoisotopic (exact) mass is 546 g/mol. The second kappa shape index (κ2) is 11.2. The molecule has 0 atom stereocenters. The van der Waals surface area contributed by atoms with E-state index in [-0.39, 0.29) is 12.3 Å². The lowest BCUT2D eigenvalue weighted by Crippen LogP contribution is -2.01. The first-order valence-corrected chi connectivity index (χ1v) is 11.3. The number of nitro groups is 1. The molecule has 33 heavy (non-hydrogen) atoms. The molecule has 0 aliphatic rings. The van der Waals surface area contributed by atoms with Gasteiger partial charge in [-0.05, 0) is 76.5 Å². The van der Waals surface area contributed by atoms with Crippen LogP contribution in [0.1, 0.15) is 23.6 Å². The molecule has 6 nitrogen and oxygen atoms in total. The third-order valence-corrected chi connectivity index (χ3v) is 5.72. The minimum Gasteiger partial charge on any atom is -0.490 e. The molecule has 3 aromatic carbocycles. The molecule has 0 N–H and O–H groups in total. The number of nitro benzene ring substituents is 1. The van der Waals surface area contributed by atoms with E-state index in [0.717, 1.165) is 5.56 Å². The van der Waals surface area contributed by atoms with E-state index in [4.69, 9.17) is 32.7 Å². The first kappa shape index (κ1) is 24.6. The highest BCUT2D eigenvalue weighted by Gasteiger charge is 2.14. The zero-order valence-corrected chi connectivity index (χ0v) is 20.4. The van der Waals surface area contributed by atoms with E-state index in [2.05, 4.69) is 22.0 Å². The number of non-ortho nitro benzene ring substituents is 1. The fourth-order valence-corrected chi connectivity index (χ4v) is 4.01. The van der Waals surface area contributed by atoms with E-state index in [0.29, 0.717) is 49.3 Å². The lowest BCUT2D eigenvalue weighted by Gasteiger charge is -2.15. The van der Waals surface area contributed by atoms with Gasteiger partial charge >= 0.3 is 0 Å². The molecule has 0 fully saturated rings. The molecular formula is C24H17BrCl2N2O4. The van der Waals surface area contributed by atoms with Gasteiger partial charge in [-0.2, -0.15) is 5.26 Å². The number of benzene rings is 3. The Morgan fingerprint density at radius 1 is 1.15 bits per heavy atom. The normalized spacial score (nSPS) is 11.1. The van der Waals surface area contributed by atoms with E-state index in [1.54, 1.807) is 48.5 Å². The molecule has 0 saturated heterocycles. The molecule has 0 bridgehead atoms. The SMILES string of the molecule is CCOc1cc(C=C(C#N)c2ccc([N+](=O)[O-])cc2)cc(Br)c1OCc1ccc(Cl)cc1Cl. The van der Waals surface area contributed by atoms with Gasteiger partial charge in [0, 0.05) is 27.7 Å². The molecule has 0 aromatic heterocycles.